The molecule has 0 aliphatic carbocycles. The van der Waals surface area contributed by atoms with Gasteiger partial charge in [-0.15, -0.1) is 11.3 Å². The maximum Gasteiger partial charge on any atom is 0.0441 e. The smallest absolute Gasteiger partial charge is 0.0441 e. The zero-order chi connectivity index (χ0) is 12.3. The Morgan fingerprint density at radius 3 is 2.71 bits per heavy atom. The van der Waals surface area contributed by atoms with Crippen LogP contribution in [-0.2, 0) is 6.42 Å². The quantitative estimate of drug-likeness (QED) is 0.880. The van der Waals surface area contributed by atoms with Gasteiger partial charge in [-0.2, -0.15) is 0 Å². The van der Waals surface area contributed by atoms with Crippen molar-refractivity contribution in [3.8, 4) is 0 Å². The van der Waals surface area contributed by atoms with Crippen molar-refractivity contribution < 1.29 is 0 Å². The Hall–Kier alpha value is -0.350. The molecule has 0 spiro atoms. The second-order valence-corrected chi connectivity index (χ2v) is 6.21. The highest BCUT2D eigenvalue weighted by molar-refractivity contribution is 9.10. The van der Waals surface area contributed by atoms with Gasteiger partial charge in [-0.1, -0.05) is 29.8 Å². The van der Waals surface area contributed by atoms with Crippen LogP contribution < -0.4 is 5.73 Å². The summed E-state index contributed by atoms with van der Waals surface area (Å²) in [5.74, 6) is 0.286. The first-order chi connectivity index (χ1) is 8.20. The fourth-order valence-electron chi connectivity index (χ4n) is 1.83. The number of hydrogen-bond donors (Lipinski definition) is 1. The lowest BCUT2D eigenvalue weighted by molar-refractivity contribution is 0.701. The summed E-state index contributed by atoms with van der Waals surface area (Å²) in [6, 6.07) is 10.1. The van der Waals surface area contributed by atoms with Crippen LogP contribution in [0.15, 0.2) is 40.2 Å². The summed E-state index contributed by atoms with van der Waals surface area (Å²) >= 11 is 11.4. The first-order valence-electron chi connectivity index (χ1n) is 5.38. The average Bonchev–Trinajstić information content (AvgIpc) is 2.73. The number of halogens is 2. The van der Waals surface area contributed by atoms with E-state index in [0.717, 1.165) is 21.5 Å². The second-order valence-electron chi connectivity index (χ2n) is 3.89. The topological polar surface area (TPSA) is 26.0 Å². The molecule has 1 atom stereocenters. The van der Waals surface area contributed by atoms with Crippen molar-refractivity contribution in [2.45, 2.75) is 12.3 Å². The van der Waals surface area contributed by atoms with E-state index in [0.29, 0.717) is 6.54 Å². The van der Waals surface area contributed by atoms with Crippen molar-refractivity contribution in [3.63, 3.8) is 0 Å². The number of rotatable bonds is 4. The van der Waals surface area contributed by atoms with Gasteiger partial charge in [0.25, 0.3) is 0 Å². The number of hydrogen-bond acceptors (Lipinski definition) is 2. The van der Waals surface area contributed by atoms with E-state index in [1.165, 1.54) is 4.88 Å². The molecule has 1 nitrogen and oxygen atoms in total. The van der Waals surface area contributed by atoms with Crippen molar-refractivity contribution >= 4 is 38.9 Å². The lowest BCUT2D eigenvalue weighted by Gasteiger charge is -2.15. The molecule has 2 aromatic rings. The van der Waals surface area contributed by atoms with Crippen LogP contribution in [0.3, 0.4) is 0 Å². The van der Waals surface area contributed by atoms with E-state index >= 15 is 0 Å². The summed E-state index contributed by atoms with van der Waals surface area (Å²) in [5.41, 5.74) is 7.00. The van der Waals surface area contributed by atoms with Crippen molar-refractivity contribution in [2.75, 3.05) is 6.54 Å². The predicted molar refractivity (Wildman–Crippen MR) is 79.0 cm³/mol. The highest BCUT2D eigenvalue weighted by Crippen LogP contribution is 2.29. The van der Waals surface area contributed by atoms with Gasteiger partial charge in [-0.05, 0) is 46.6 Å². The fourth-order valence-corrected chi connectivity index (χ4v) is 3.65. The molecule has 1 heterocycles. The van der Waals surface area contributed by atoms with Gasteiger partial charge < -0.3 is 5.73 Å². The molecule has 4 heteroatoms. The Morgan fingerprint density at radius 2 is 2.12 bits per heavy atom. The molecule has 0 aliphatic rings. The number of benzene rings is 1. The summed E-state index contributed by atoms with van der Waals surface area (Å²) in [4.78, 5) is 1.33. The van der Waals surface area contributed by atoms with Gasteiger partial charge in [0, 0.05) is 25.7 Å². The van der Waals surface area contributed by atoms with Gasteiger partial charge in [0.1, 0.15) is 0 Å². The van der Waals surface area contributed by atoms with Gasteiger partial charge in [0.15, 0.2) is 0 Å². The van der Waals surface area contributed by atoms with Gasteiger partial charge in [-0.3, -0.25) is 0 Å². The van der Waals surface area contributed by atoms with Crippen molar-refractivity contribution in [3.05, 3.63) is 55.6 Å². The molecule has 1 aromatic heterocycles. The number of nitrogens with two attached hydrogens (primary N) is 1. The van der Waals surface area contributed by atoms with Crippen molar-refractivity contribution in [1.29, 1.82) is 0 Å². The fraction of sp³-hybridized carbons (Fsp3) is 0.231. The van der Waals surface area contributed by atoms with Crippen molar-refractivity contribution in [1.82, 2.24) is 0 Å². The highest BCUT2D eigenvalue weighted by Gasteiger charge is 2.14. The predicted octanol–water partition coefficient (Wildman–Crippen LogP) is 4.45. The maximum absolute atomic E-state index is 6.21. The van der Waals surface area contributed by atoms with E-state index in [9.17, 15) is 0 Å². The summed E-state index contributed by atoms with van der Waals surface area (Å²) in [5, 5.41) is 2.90. The van der Waals surface area contributed by atoms with Gasteiger partial charge in [0.05, 0.1) is 0 Å². The lowest BCUT2D eigenvalue weighted by atomic mass is 9.95. The van der Waals surface area contributed by atoms with E-state index in [1.54, 1.807) is 11.3 Å². The maximum atomic E-state index is 6.21. The molecule has 0 saturated carbocycles. The summed E-state index contributed by atoms with van der Waals surface area (Å²) in [6.45, 7) is 0.610. The van der Waals surface area contributed by atoms with E-state index in [-0.39, 0.29) is 5.92 Å². The minimum absolute atomic E-state index is 0.286. The Labute approximate surface area is 119 Å². The molecule has 1 unspecified atom stereocenters. The molecule has 0 saturated heterocycles. The number of thiophene rings is 1. The molecule has 0 radical (unpaired) electrons. The zero-order valence-corrected chi connectivity index (χ0v) is 12.4. The first-order valence-corrected chi connectivity index (χ1v) is 7.43. The zero-order valence-electron chi connectivity index (χ0n) is 9.20. The van der Waals surface area contributed by atoms with Crippen LogP contribution in [0.25, 0.3) is 0 Å². The van der Waals surface area contributed by atoms with Crippen LogP contribution in [-0.4, -0.2) is 6.54 Å². The van der Waals surface area contributed by atoms with Crippen LogP contribution >= 0.6 is 38.9 Å². The SMILES string of the molecule is NCC(Cc1cc(Br)cs1)c1ccccc1Cl. The van der Waals surface area contributed by atoms with Crippen LogP contribution in [0.4, 0.5) is 0 Å². The van der Waals surface area contributed by atoms with E-state index in [1.807, 2.05) is 18.2 Å². The van der Waals surface area contributed by atoms with Gasteiger partial charge >= 0.3 is 0 Å². The first kappa shape index (κ1) is 13.1. The minimum atomic E-state index is 0.286. The monoisotopic (exact) mass is 329 g/mol. The Bertz CT molecular complexity index is 498. The van der Waals surface area contributed by atoms with Gasteiger partial charge in [-0.25, -0.2) is 0 Å². The molecule has 1 aromatic carbocycles. The van der Waals surface area contributed by atoms with E-state index in [2.05, 4.69) is 33.4 Å². The molecule has 0 aliphatic heterocycles. The molecule has 2 rings (SSSR count). The summed E-state index contributed by atoms with van der Waals surface area (Å²) < 4.78 is 1.13. The molecule has 0 fully saturated rings. The summed E-state index contributed by atoms with van der Waals surface area (Å²) in [7, 11) is 0. The van der Waals surface area contributed by atoms with Crippen LogP contribution in [0.1, 0.15) is 16.4 Å². The minimum Gasteiger partial charge on any atom is -0.330 e. The third-order valence-electron chi connectivity index (χ3n) is 2.70. The van der Waals surface area contributed by atoms with Crippen LogP contribution in [0.5, 0.6) is 0 Å². The standard InChI is InChI=1S/C13H13BrClNS/c14-10-6-11(17-8-10)5-9(7-16)12-3-1-2-4-13(12)15/h1-4,6,8-9H,5,7,16H2. The third kappa shape index (κ3) is 3.32. The summed E-state index contributed by atoms with van der Waals surface area (Å²) in [6.07, 6.45) is 0.941. The largest absolute Gasteiger partial charge is 0.330 e. The molecule has 2 N–H and O–H groups in total. The molecular weight excluding hydrogens is 318 g/mol. The molecule has 0 bridgehead atoms. The molecular formula is C13H13BrClNS. The Kier molecular flexibility index (Phi) is 4.62. The highest BCUT2D eigenvalue weighted by atomic mass is 79.9. The van der Waals surface area contributed by atoms with E-state index < -0.39 is 0 Å². The van der Waals surface area contributed by atoms with Crippen molar-refractivity contribution in [2.24, 2.45) is 5.73 Å². The van der Waals surface area contributed by atoms with E-state index in [4.69, 9.17) is 17.3 Å². The average molecular weight is 331 g/mol. The molecule has 17 heavy (non-hydrogen) atoms. The third-order valence-corrected chi connectivity index (χ3v) is 4.76. The Morgan fingerprint density at radius 1 is 1.35 bits per heavy atom. The Balaban J connectivity index is 2.20. The molecule has 0 amide bonds. The van der Waals surface area contributed by atoms with Crippen LogP contribution in [0.2, 0.25) is 5.02 Å². The lowest BCUT2D eigenvalue weighted by Crippen LogP contribution is -2.14. The second kappa shape index (κ2) is 6.01. The molecule has 90 valence electrons. The normalized spacial score (nSPS) is 12.6. The van der Waals surface area contributed by atoms with Gasteiger partial charge in [0.2, 0.25) is 0 Å². The van der Waals surface area contributed by atoms with Crippen LogP contribution in [0, 0.1) is 0 Å².